The van der Waals surface area contributed by atoms with Gasteiger partial charge in [-0.25, -0.2) is 4.98 Å². The van der Waals surface area contributed by atoms with Gasteiger partial charge in [-0.1, -0.05) is 33.8 Å². The summed E-state index contributed by atoms with van der Waals surface area (Å²) in [4.78, 5) is 30.4. The fourth-order valence-electron chi connectivity index (χ4n) is 5.35. The number of carbonyl (C=O) groups excluding carboxylic acids is 2. The number of cyclic esters (lactones) is 1. The zero-order chi connectivity index (χ0) is 29.3. The molecule has 3 rings (SSSR count). The maximum atomic E-state index is 14.0. The lowest BCUT2D eigenvalue weighted by atomic mass is 9.72. The van der Waals surface area contributed by atoms with Crippen molar-refractivity contribution in [2.45, 2.75) is 91.4 Å². The van der Waals surface area contributed by atoms with Gasteiger partial charge in [0.25, 0.3) is 0 Å². The predicted molar refractivity (Wildman–Crippen MR) is 140 cm³/mol. The van der Waals surface area contributed by atoms with Crippen molar-refractivity contribution in [3.8, 4) is 0 Å². The molecule has 1 saturated carbocycles. The molecule has 1 aromatic rings. The monoisotopic (exact) mass is 573 g/mol. The second kappa shape index (κ2) is 12.2. The second-order valence-corrected chi connectivity index (χ2v) is 12.4. The standard InChI is InChI=1S/C28H38F3NO6S/c1-14(8-19-13-39-23(12-33)32-19)21-7-6-18(28(29,30)31)9-17-10-20(17)15(2)25(36)16(3)26(37)27(4,5)22(34)11-24(35)38-21/h6,8,13,15-17,20-22,25,33-34,36H,7,9-12H2,1-5H3/b14-8?,18-6+/t15-,16-,17-,20-,21-,22+,25+/m1/s1. The van der Waals surface area contributed by atoms with Crippen LogP contribution >= 0.6 is 11.3 Å². The van der Waals surface area contributed by atoms with Gasteiger partial charge >= 0.3 is 12.1 Å². The van der Waals surface area contributed by atoms with Crippen LogP contribution in [0.25, 0.3) is 6.08 Å². The summed E-state index contributed by atoms with van der Waals surface area (Å²) in [5, 5.41) is 33.2. The Bertz CT molecular complexity index is 1110. The molecule has 39 heavy (non-hydrogen) atoms. The summed E-state index contributed by atoms with van der Waals surface area (Å²) in [5.41, 5.74) is -1.18. The van der Waals surface area contributed by atoms with Crippen LogP contribution in [0.1, 0.15) is 71.0 Å². The Labute approximate surface area is 230 Å². The first-order chi connectivity index (χ1) is 18.1. The first kappa shape index (κ1) is 31.4. The van der Waals surface area contributed by atoms with Crippen LogP contribution in [0, 0.1) is 29.1 Å². The summed E-state index contributed by atoms with van der Waals surface area (Å²) in [6.07, 6.45) is -6.04. The van der Waals surface area contributed by atoms with E-state index < -0.39 is 65.5 Å². The van der Waals surface area contributed by atoms with Crippen LogP contribution in [0.4, 0.5) is 13.2 Å². The Morgan fingerprint density at radius 2 is 1.90 bits per heavy atom. The third-order valence-electron chi connectivity index (χ3n) is 8.23. The van der Waals surface area contributed by atoms with Crippen LogP contribution in [0.2, 0.25) is 0 Å². The normalized spacial score (nSPS) is 34.6. The molecule has 0 saturated heterocycles. The minimum atomic E-state index is -4.58. The Balaban J connectivity index is 1.98. The molecule has 1 aliphatic carbocycles. The summed E-state index contributed by atoms with van der Waals surface area (Å²) in [6.45, 7) is 7.66. The molecule has 0 unspecified atom stereocenters. The average molecular weight is 574 g/mol. The van der Waals surface area contributed by atoms with Gasteiger partial charge in [0.05, 0.1) is 36.3 Å². The lowest BCUT2D eigenvalue weighted by molar-refractivity contribution is -0.154. The summed E-state index contributed by atoms with van der Waals surface area (Å²) in [5.74, 6) is -3.05. The SMILES string of the molecule is CC(=Cc1csc(CO)n1)[C@H]1C/C=C(/C(F)(F)F)C[C@@H]2C[C@@H]2[C@@H](C)[C@H](O)[C@@H](C)C(=O)C(C)(C)[C@@H](O)CC(=O)O1. The molecule has 2 heterocycles. The van der Waals surface area contributed by atoms with Gasteiger partial charge in [-0.05, 0) is 49.2 Å². The highest BCUT2D eigenvalue weighted by atomic mass is 32.1. The van der Waals surface area contributed by atoms with Crippen LogP contribution in [-0.2, 0) is 20.9 Å². The van der Waals surface area contributed by atoms with E-state index in [9.17, 15) is 38.1 Å². The summed E-state index contributed by atoms with van der Waals surface area (Å²) >= 11 is 1.22. The number of thiazole rings is 1. The van der Waals surface area contributed by atoms with Gasteiger partial charge in [-0.15, -0.1) is 11.3 Å². The van der Waals surface area contributed by atoms with Crippen molar-refractivity contribution in [1.82, 2.24) is 4.98 Å². The third-order valence-corrected chi connectivity index (χ3v) is 9.08. The molecule has 1 aromatic heterocycles. The maximum Gasteiger partial charge on any atom is 0.412 e. The number of esters is 1. The van der Waals surface area contributed by atoms with Crippen molar-refractivity contribution in [2.24, 2.45) is 29.1 Å². The number of Topliss-reactive ketones (excluding diaryl/α,β-unsaturated/α-hetero) is 1. The number of alkyl halides is 3. The highest BCUT2D eigenvalue weighted by Crippen LogP contribution is 2.51. The molecule has 0 aromatic carbocycles. The van der Waals surface area contributed by atoms with Crippen molar-refractivity contribution in [3.63, 3.8) is 0 Å². The highest BCUT2D eigenvalue weighted by Gasteiger charge is 2.49. The van der Waals surface area contributed by atoms with Gasteiger partial charge in [0.15, 0.2) is 0 Å². The van der Waals surface area contributed by atoms with E-state index in [-0.39, 0.29) is 31.3 Å². The van der Waals surface area contributed by atoms with Crippen molar-refractivity contribution in [2.75, 3.05) is 0 Å². The zero-order valence-corrected chi connectivity index (χ0v) is 23.7. The summed E-state index contributed by atoms with van der Waals surface area (Å²) in [7, 11) is 0. The minimum Gasteiger partial charge on any atom is -0.457 e. The highest BCUT2D eigenvalue weighted by molar-refractivity contribution is 7.09. The number of aliphatic hydroxyl groups is 3. The molecule has 1 aliphatic heterocycles. The molecule has 218 valence electrons. The topological polar surface area (TPSA) is 117 Å². The van der Waals surface area contributed by atoms with E-state index in [1.54, 1.807) is 32.2 Å². The van der Waals surface area contributed by atoms with Gasteiger partial charge in [0.2, 0.25) is 0 Å². The molecule has 0 amide bonds. The number of nitrogens with zero attached hydrogens (tertiary/aromatic N) is 1. The number of carbonyl (C=O) groups is 2. The van der Waals surface area contributed by atoms with Gasteiger partial charge in [-0.2, -0.15) is 13.2 Å². The largest absolute Gasteiger partial charge is 0.457 e. The number of halogens is 3. The van der Waals surface area contributed by atoms with Gasteiger partial charge in [0, 0.05) is 23.3 Å². The summed E-state index contributed by atoms with van der Waals surface area (Å²) < 4.78 is 47.5. The molecule has 7 atom stereocenters. The van der Waals surface area contributed by atoms with Crippen LogP contribution in [0.5, 0.6) is 0 Å². The number of hydrogen-bond donors (Lipinski definition) is 3. The molecule has 0 radical (unpaired) electrons. The third kappa shape index (κ3) is 7.56. The molecule has 0 spiro atoms. The van der Waals surface area contributed by atoms with Crippen molar-refractivity contribution >= 4 is 29.2 Å². The number of allylic oxidation sites excluding steroid dienone is 1. The van der Waals surface area contributed by atoms with E-state index in [0.29, 0.717) is 22.7 Å². The van der Waals surface area contributed by atoms with Crippen LogP contribution in [0.3, 0.4) is 0 Å². The molecule has 2 aliphatic rings. The Kier molecular flexibility index (Phi) is 9.84. The molecule has 11 heteroatoms. The molecular formula is C28H38F3NO6S. The van der Waals surface area contributed by atoms with Crippen LogP contribution in [0.15, 0.2) is 22.6 Å². The van der Waals surface area contributed by atoms with Crippen LogP contribution in [-0.4, -0.2) is 56.5 Å². The van der Waals surface area contributed by atoms with E-state index in [0.717, 1.165) is 6.08 Å². The van der Waals surface area contributed by atoms with E-state index in [2.05, 4.69) is 4.98 Å². The maximum absolute atomic E-state index is 14.0. The molecular weight excluding hydrogens is 535 g/mol. The second-order valence-electron chi connectivity index (χ2n) is 11.5. The fraction of sp³-hybridized carbons (Fsp3) is 0.679. The zero-order valence-electron chi connectivity index (χ0n) is 22.9. The number of aromatic nitrogens is 1. The van der Waals surface area contributed by atoms with E-state index in [1.165, 1.54) is 25.2 Å². The molecule has 3 N–H and O–H groups in total. The number of fused-ring (bicyclic) bond motifs is 1. The van der Waals surface area contributed by atoms with E-state index in [1.807, 2.05) is 0 Å². The first-order valence-electron chi connectivity index (χ1n) is 13.2. The van der Waals surface area contributed by atoms with E-state index in [4.69, 9.17) is 4.74 Å². The fourth-order valence-corrected chi connectivity index (χ4v) is 5.96. The number of rotatable bonds is 3. The van der Waals surface area contributed by atoms with E-state index >= 15 is 0 Å². The van der Waals surface area contributed by atoms with Crippen molar-refractivity contribution in [3.05, 3.63) is 33.3 Å². The van der Waals surface area contributed by atoms with Crippen LogP contribution < -0.4 is 0 Å². The lowest BCUT2D eigenvalue weighted by Crippen LogP contribution is -2.46. The average Bonchev–Trinajstić information content (AvgIpc) is 3.49. The Morgan fingerprint density at radius 3 is 2.49 bits per heavy atom. The number of hydrogen-bond acceptors (Lipinski definition) is 8. The smallest absolute Gasteiger partial charge is 0.412 e. The van der Waals surface area contributed by atoms with Gasteiger partial charge < -0.3 is 20.1 Å². The lowest BCUT2D eigenvalue weighted by Gasteiger charge is -2.34. The van der Waals surface area contributed by atoms with Gasteiger partial charge in [0.1, 0.15) is 16.9 Å². The quantitative estimate of drug-likeness (QED) is 0.350. The minimum absolute atomic E-state index is 0.164. The molecule has 0 bridgehead atoms. The molecule has 1 fully saturated rings. The summed E-state index contributed by atoms with van der Waals surface area (Å²) in [6, 6.07) is 0. The number of ether oxygens (including phenoxy) is 1. The molecule has 7 nitrogen and oxygen atoms in total. The Morgan fingerprint density at radius 1 is 1.23 bits per heavy atom. The number of aliphatic hydroxyl groups excluding tert-OH is 3. The van der Waals surface area contributed by atoms with Gasteiger partial charge in [-0.3, -0.25) is 9.59 Å². The van der Waals surface area contributed by atoms with Crippen molar-refractivity contribution in [1.29, 1.82) is 0 Å². The first-order valence-corrected chi connectivity index (χ1v) is 14.0. The van der Waals surface area contributed by atoms with Crippen molar-refractivity contribution < 1.29 is 42.8 Å². The predicted octanol–water partition coefficient (Wildman–Crippen LogP) is 4.85. The number of ketones is 1. The Hall–Kier alpha value is -2.08.